The first kappa shape index (κ1) is 23.2. The molecule has 2 heterocycles. The van der Waals surface area contributed by atoms with Gasteiger partial charge in [0.25, 0.3) is 5.91 Å². The van der Waals surface area contributed by atoms with Crippen molar-refractivity contribution in [1.29, 1.82) is 0 Å². The number of anilines is 1. The van der Waals surface area contributed by atoms with Crippen LogP contribution in [0.3, 0.4) is 0 Å². The molecule has 0 atom stereocenters. The fraction of sp³-hybridized carbons (Fsp3) is 0.400. The van der Waals surface area contributed by atoms with E-state index in [9.17, 15) is 4.79 Å². The van der Waals surface area contributed by atoms with Gasteiger partial charge in [-0.25, -0.2) is 4.98 Å². The van der Waals surface area contributed by atoms with E-state index in [-0.39, 0.29) is 5.91 Å². The van der Waals surface area contributed by atoms with Crippen molar-refractivity contribution in [2.24, 2.45) is 0 Å². The summed E-state index contributed by atoms with van der Waals surface area (Å²) < 4.78 is 9.86. The largest absolute Gasteiger partial charge is 0.497 e. The van der Waals surface area contributed by atoms with Gasteiger partial charge < -0.3 is 15.0 Å². The summed E-state index contributed by atoms with van der Waals surface area (Å²) in [5.74, 6) is 1.69. The summed E-state index contributed by atoms with van der Waals surface area (Å²) >= 11 is 1.47. The van der Waals surface area contributed by atoms with Crippen LogP contribution in [0.15, 0.2) is 48.5 Å². The van der Waals surface area contributed by atoms with E-state index in [0.29, 0.717) is 13.0 Å². The van der Waals surface area contributed by atoms with Gasteiger partial charge in [0.05, 0.1) is 7.11 Å². The minimum atomic E-state index is -0.00582. The Balaban J connectivity index is 1.20. The Morgan fingerprint density at radius 2 is 1.88 bits per heavy atom. The van der Waals surface area contributed by atoms with Gasteiger partial charge in [0, 0.05) is 62.8 Å². The highest BCUT2D eigenvalue weighted by Gasteiger charge is 2.20. The second kappa shape index (κ2) is 11.2. The topological polar surface area (TPSA) is 70.6 Å². The van der Waals surface area contributed by atoms with Crippen LogP contribution in [0.25, 0.3) is 0 Å². The third-order valence-corrected chi connectivity index (χ3v) is 6.75. The molecule has 174 valence electrons. The number of piperazine rings is 1. The second-order valence-electron chi connectivity index (χ2n) is 8.16. The molecule has 0 unspecified atom stereocenters. The molecule has 1 aliphatic rings. The SMILES string of the molecule is CCc1ccc(C(=O)NCCN2CCN(c3nc(Cc4cccc(OC)c4)ns3)CC2)cc1. The smallest absolute Gasteiger partial charge is 0.251 e. The van der Waals surface area contributed by atoms with E-state index < -0.39 is 0 Å². The summed E-state index contributed by atoms with van der Waals surface area (Å²) in [5.41, 5.74) is 3.11. The molecule has 4 rings (SSSR count). The third kappa shape index (κ3) is 6.30. The molecule has 0 bridgehead atoms. The second-order valence-corrected chi connectivity index (χ2v) is 8.89. The molecule has 8 heteroatoms. The van der Waals surface area contributed by atoms with E-state index in [0.717, 1.165) is 67.0 Å². The van der Waals surface area contributed by atoms with Gasteiger partial charge in [0.15, 0.2) is 0 Å². The molecular formula is C25H31N5O2S. The van der Waals surface area contributed by atoms with Gasteiger partial charge in [-0.3, -0.25) is 9.69 Å². The first-order valence-corrected chi connectivity index (χ1v) is 12.2. The van der Waals surface area contributed by atoms with Gasteiger partial charge in [0.2, 0.25) is 5.13 Å². The number of benzene rings is 2. The van der Waals surface area contributed by atoms with Gasteiger partial charge in [-0.05, 0) is 41.8 Å². The highest BCUT2D eigenvalue weighted by Crippen LogP contribution is 2.21. The molecule has 1 fully saturated rings. The monoisotopic (exact) mass is 465 g/mol. The number of hydrogen-bond donors (Lipinski definition) is 1. The van der Waals surface area contributed by atoms with E-state index in [2.05, 4.69) is 32.5 Å². The lowest BCUT2D eigenvalue weighted by Gasteiger charge is -2.34. The lowest BCUT2D eigenvalue weighted by Crippen LogP contribution is -2.48. The summed E-state index contributed by atoms with van der Waals surface area (Å²) in [4.78, 5) is 21.8. The average Bonchev–Trinajstić information content (AvgIpc) is 3.33. The van der Waals surface area contributed by atoms with Crippen molar-refractivity contribution in [3.63, 3.8) is 0 Å². The van der Waals surface area contributed by atoms with Gasteiger partial charge in [0.1, 0.15) is 11.6 Å². The minimum Gasteiger partial charge on any atom is -0.497 e. The van der Waals surface area contributed by atoms with Crippen LogP contribution in [0.1, 0.15) is 34.2 Å². The molecule has 1 amide bonds. The van der Waals surface area contributed by atoms with Crippen LogP contribution in [0.2, 0.25) is 0 Å². The molecule has 0 saturated carbocycles. The fourth-order valence-electron chi connectivity index (χ4n) is 3.89. The van der Waals surface area contributed by atoms with Crippen molar-refractivity contribution in [2.75, 3.05) is 51.3 Å². The Kier molecular flexibility index (Phi) is 7.91. The number of methoxy groups -OCH3 is 1. The third-order valence-electron chi connectivity index (χ3n) is 5.93. The molecular weight excluding hydrogens is 434 g/mol. The standard InChI is InChI=1S/C25H31N5O2S/c1-3-19-7-9-21(10-8-19)24(31)26-11-12-29-13-15-30(16-14-29)25-27-23(28-33-25)18-20-5-4-6-22(17-20)32-2/h4-10,17H,3,11-16,18H2,1-2H3,(H,26,31). The average molecular weight is 466 g/mol. The zero-order chi connectivity index (χ0) is 23.0. The molecule has 1 aromatic heterocycles. The van der Waals surface area contributed by atoms with Crippen molar-refractivity contribution < 1.29 is 9.53 Å². The van der Waals surface area contributed by atoms with Gasteiger partial charge in [-0.15, -0.1) is 0 Å². The highest BCUT2D eigenvalue weighted by atomic mass is 32.1. The number of ether oxygens (including phenoxy) is 1. The molecule has 1 aliphatic heterocycles. The maximum atomic E-state index is 12.3. The Bertz CT molecular complexity index is 1040. The first-order valence-electron chi connectivity index (χ1n) is 11.4. The minimum absolute atomic E-state index is 0.00582. The number of hydrogen-bond acceptors (Lipinski definition) is 7. The number of nitrogens with zero attached hydrogens (tertiary/aromatic N) is 4. The van der Waals surface area contributed by atoms with Crippen LogP contribution >= 0.6 is 11.5 Å². The molecule has 33 heavy (non-hydrogen) atoms. The van der Waals surface area contributed by atoms with Crippen LogP contribution in [-0.2, 0) is 12.8 Å². The molecule has 2 aromatic carbocycles. The predicted octanol–water partition coefficient (Wildman–Crippen LogP) is 3.25. The summed E-state index contributed by atoms with van der Waals surface area (Å²) in [6, 6.07) is 15.9. The number of aryl methyl sites for hydroxylation is 1. The molecule has 7 nitrogen and oxygen atoms in total. The Labute approximate surface area is 199 Å². The molecule has 0 radical (unpaired) electrons. The zero-order valence-electron chi connectivity index (χ0n) is 19.3. The van der Waals surface area contributed by atoms with Crippen LogP contribution < -0.4 is 15.0 Å². The summed E-state index contributed by atoms with van der Waals surface area (Å²) in [7, 11) is 1.68. The number of carbonyl (C=O) groups is 1. The van der Waals surface area contributed by atoms with E-state index in [1.165, 1.54) is 17.1 Å². The first-order chi connectivity index (χ1) is 16.1. The highest BCUT2D eigenvalue weighted by molar-refractivity contribution is 7.09. The van der Waals surface area contributed by atoms with Crippen molar-refractivity contribution in [2.45, 2.75) is 19.8 Å². The number of carbonyl (C=O) groups excluding carboxylic acids is 1. The Morgan fingerprint density at radius 3 is 2.61 bits per heavy atom. The van der Waals surface area contributed by atoms with E-state index in [1.54, 1.807) is 7.11 Å². The maximum Gasteiger partial charge on any atom is 0.251 e. The number of aromatic nitrogens is 2. The van der Waals surface area contributed by atoms with Gasteiger partial charge in [-0.2, -0.15) is 4.37 Å². The van der Waals surface area contributed by atoms with Crippen molar-refractivity contribution in [3.8, 4) is 5.75 Å². The number of amides is 1. The lowest BCUT2D eigenvalue weighted by atomic mass is 10.1. The fourth-order valence-corrected chi connectivity index (χ4v) is 4.63. The van der Waals surface area contributed by atoms with E-state index in [4.69, 9.17) is 9.72 Å². The normalized spacial score (nSPS) is 14.3. The Hall–Kier alpha value is -2.97. The van der Waals surface area contributed by atoms with E-state index in [1.807, 2.05) is 42.5 Å². The quantitative estimate of drug-likeness (QED) is 0.523. The van der Waals surface area contributed by atoms with Crippen LogP contribution in [-0.4, -0.2) is 66.5 Å². The molecule has 3 aromatic rings. The molecule has 1 saturated heterocycles. The van der Waals surface area contributed by atoms with E-state index >= 15 is 0 Å². The lowest BCUT2D eigenvalue weighted by molar-refractivity contribution is 0.0948. The molecule has 0 spiro atoms. The summed E-state index contributed by atoms with van der Waals surface area (Å²) in [5, 5.41) is 4.02. The maximum absolute atomic E-state index is 12.3. The number of nitrogens with one attached hydrogen (secondary N) is 1. The Morgan fingerprint density at radius 1 is 1.09 bits per heavy atom. The van der Waals surface area contributed by atoms with Gasteiger partial charge in [-0.1, -0.05) is 31.2 Å². The molecule has 1 N–H and O–H groups in total. The van der Waals surface area contributed by atoms with Crippen LogP contribution in [0.5, 0.6) is 5.75 Å². The van der Waals surface area contributed by atoms with Crippen LogP contribution in [0.4, 0.5) is 5.13 Å². The van der Waals surface area contributed by atoms with Crippen LogP contribution in [0, 0.1) is 0 Å². The van der Waals surface area contributed by atoms with Crippen molar-refractivity contribution in [3.05, 3.63) is 71.0 Å². The summed E-state index contributed by atoms with van der Waals surface area (Å²) in [6.45, 7) is 7.35. The molecule has 0 aliphatic carbocycles. The predicted molar refractivity (Wildman–Crippen MR) is 133 cm³/mol. The number of rotatable bonds is 9. The zero-order valence-corrected chi connectivity index (χ0v) is 20.1. The summed E-state index contributed by atoms with van der Waals surface area (Å²) in [6.07, 6.45) is 1.68. The van der Waals surface area contributed by atoms with Crippen molar-refractivity contribution in [1.82, 2.24) is 19.6 Å². The van der Waals surface area contributed by atoms with Gasteiger partial charge >= 0.3 is 0 Å². The van der Waals surface area contributed by atoms with Crippen molar-refractivity contribution >= 4 is 22.6 Å².